The molecule has 3 rings (SSSR count). The van der Waals surface area contributed by atoms with Gasteiger partial charge < -0.3 is 19.6 Å². The zero-order valence-corrected chi connectivity index (χ0v) is 13.3. The minimum absolute atomic E-state index is 0.0821. The second-order valence-corrected chi connectivity index (χ2v) is 7.04. The highest BCUT2D eigenvalue weighted by Crippen LogP contribution is 2.32. The average molecular weight is 305 g/mol. The number of aromatic nitrogens is 1. The average Bonchev–Trinajstić information content (AvgIpc) is 2.70. The number of aliphatic hydroxyl groups excluding tert-OH is 1. The van der Waals surface area contributed by atoms with Crippen LogP contribution in [0, 0.1) is 0 Å². The zero-order valence-electron chi connectivity index (χ0n) is 13.3. The first-order chi connectivity index (χ1) is 10.3. The van der Waals surface area contributed by atoms with E-state index in [9.17, 15) is 9.90 Å². The Hall–Kier alpha value is -1.82. The molecule has 2 aliphatic rings. The number of amides is 1. The molecule has 3 heterocycles. The summed E-state index contributed by atoms with van der Waals surface area (Å²) in [6.07, 6.45) is 1.71. The lowest BCUT2D eigenvalue weighted by atomic mass is 10.2. The maximum atomic E-state index is 12.4. The first-order valence-electron chi connectivity index (χ1n) is 7.70. The van der Waals surface area contributed by atoms with Crippen molar-refractivity contribution in [3.8, 4) is 0 Å². The maximum Gasteiger partial charge on any atom is 0.410 e. The van der Waals surface area contributed by atoms with Crippen LogP contribution in [0.2, 0.25) is 0 Å². The van der Waals surface area contributed by atoms with Crippen LogP contribution in [0.4, 0.5) is 10.6 Å². The van der Waals surface area contributed by atoms with E-state index < -0.39 is 5.60 Å². The molecular weight excluding hydrogens is 282 g/mol. The van der Waals surface area contributed by atoms with Gasteiger partial charge in [-0.1, -0.05) is 6.07 Å². The molecule has 2 aliphatic heterocycles. The Balaban J connectivity index is 1.88. The topological polar surface area (TPSA) is 65.9 Å². The number of hydrogen-bond donors (Lipinski definition) is 1. The van der Waals surface area contributed by atoms with Gasteiger partial charge in [-0.25, -0.2) is 9.78 Å². The fourth-order valence-corrected chi connectivity index (χ4v) is 3.13. The number of aliphatic hydroxyl groups is 1. The van der Waals surface area contributed by atoms with Gasteiger partial charge in [0.15, 0.2) is 0 Å². The van der Waals surface area contributed by atoms with E-state index >= 15 is 0 Å². The summed E-state index contributed by atoms with van der Waals surface area (Å²) in [6, 6.07) is 3.93. The molecule has 22 heavy (non-hydrogen) atoms. The summed E-state index contributed by atoms with van der Waals surface area (Å²) >= 11 is 0. The predicted octanol–water partition coefficient (Wildman–Crippen LogP) is 1.77. The van der Waals surface area contributed by atoms with E-state index in [0.717, 1.165) is 11.4 Å². The van der Waals surface area contributed by atoms with Crippen LogP contribution in [0.25, 0.3) is 0 Å². The first kappa shape index (κ1) is 15.1. The highest BCUT2D eigenvalue weighted by atomic mass is 16.6. The van der Waals surface area contributed by atoms with E-state index in [1.807, 2.05) is 32.9 Å². The zero-order chi connectivity index (χ0) is 15.9. The molecule has 0 saturated carbocycles. The van der Waals surface area contributed by atoms with Crippen molar-refractivity contribution in [1.29, 1.82) is 0 Å². The number of ether oxygens (including phenoxy) is 1. The molecule has 6 nitrogen and oxygen atoms in total. The van der Waals surface area contributed by atoms with Crippen molar-refractivity contribution in [2.45, 2.75) is 51.5 Å². The molecule has 1 fully saturated rings. The summed E-state index contributed by atoms with van der Waals surface area (Å²) in [4.78, 5) is 20.7. The van der Waals surface area contributed by atoms with Crippen molar-refractivity contribution in [2.75, 3.05) is 18.0 Å². The number of carbonyl (C=O) groups is 1. The highest BCUT2D eigenvalue weighted by molar-refractivity contribution is 5.69. The van der Waals surface area contributed by atoms with Crippen LogP contribution < -0.4 is 4.90 Å². The van der Waals surface area contributed by atoms with Gasteiger partial charge in [0.05, 0.1) is 18.7 Å². The van der Waals surface area contributed by atoms with E-state index in [-0.39, 0.29) is 18.2 Å². The molecule has 6 heteroatoms. The van der Waals surface area contributed by atoms with Crippen LogP contribution >= 0.6 is 0 Å². The molecule has 0 spiro atoms. The number of anilines is 1. The summed E-state index contributed by atoms with van der Waals surface area (Å²) in [5, 5.41) is 9.98. The lowest BCUT2D eigenvalue weighted by Gasteiger charge is -2.29. The Bertz CT molecular complexity index is 570. The van der Waals surface area contributed by atoms with Gasteiger partial charge in [0.25, 0.3) is 0 Å². The van der Waals surface area contributed by atoms with Gasteiger partial charge in [-0.2, -0.15) is 0 Å². The number of rotatable bonds is 0. The Kier molecular flexibility index (Phi) is 3.72. The van der Waals surface area contributed by atoms with Gasteiger partial charge in [0.1, 0.15) is 11.4 Å². The Labute approximate surface area is 130 Å². The molecule has 0 aromatic carbocycles. The number of hydrogen-bond acceptors (Lipinski definition) is 5. The van der Waals surface area contributed by atoms with E-state index in [2.05, 4.69) is 9.88 Å². The lowest BCUT2D eigenvalue weighted by molar-refractivity contribution is 0.0225. The lowest BCUT2D eigenvalue weighted by Crippen LogP contribution is -2.42. The van der Waals surface area contributed by atoms with Gasteiger partial charge in [-0.3, -0.25) is 0 Å². The number of pyridine rings is 1. The van der Waals surface area contributed by atoms with Gasteiger partial charge in [0.2, 0.25) is 0 Å². The molecule has 1 N–H and O–H groups in total. The largest absolute Gasteiger partial charge is 0.444 e. The third-order valence-electron chi connectivity index (χ3n) is 3.98. The molecule has 0 unspecified atom stereocenters. The SMILES string of the molecule is CC(C)(C)OC(=O)N1Cc2cccnc2N2C[C@H](O)C[C@H]2C1. The van der Waals surface area contributed by atoms with Gasteiger partial charge in [0, 0.05) is 24.8 Å². The molecule has 1 amide bonds. The fraction of sp³-hybridized carbons (Fsp3) is 0.625. The summed E-state index contributed by atoms with van der Waals surface area (Å²) in [6.45, 7) is 7.19. The summed E-state index contributed by atoms with van der Waals surface area (Å²) in [7, 11) is 0. The van der Waals surface area contributed by atoms with E-state index in [1.165, 1.54) is 0 Å². The summed E-state index contributed by atoms with van der Waals surface area (Å²) < 4.78 is 5.51. The molecule has 1 saturated heterocycles. The monoisotopic (exact) mass is 305 g/mol. The first-order valence-corrected chi connectivity index (χ1v) is 7.70. The van der Waals surface area contributed by atoms with Gasteiger partial charge >= 0.3 is 6.09 Å². The standard InChI is InChI=1S/C16H23N3O3/c1-16(2,3)22-15(21)18-8-11-5-4-6-17-14(11)19-10-13(20)7-12(19)9-18/h4-6,12-13,20H,7-10H2,1-3H3/t12-,13+/m0/s1. The molecule has 1 aromatic heterocycles. The molecule has 0 bridgehead atoms. The summed E-state index contributed by atoms with van der Waals surface area (Å²) in [5.74, 6) is 0.870. The van der Waals surface area contributed by atoms with Crippen LogP contribution in [0.3, 0.4) is 0 Å². The van der Waals surface area contributed by atoms with Gasteiger partial charge in [-0.05, 0) is 33.3 Å². The van der Waals surface area contributed by atoms with Crippen molar-refractivity contribution in [2.24, 2.45) is 0 Å². The predicted molar refractivity (Wildman–Crippen MR) is 82.6 cm³/mol. The van der Waals surface area contributed by atoms with Crippen LogP contribution in [-0.2, 0) is 11.3 Å². The van der Waals surface area contributed by atoms with Crippen LogP contribution in [-0.4, -0.2) is 51.9 Å². The smallest absolute Gasteiger partial charge is 0.410 e. The molecule has 2 atom stereocenters. The minimum atomic E-state index is -0.518. The van der Waals surface area contributed by atoms with Crippen molar-refractivity contribution in [3.05, 3.63) is 23.9 Å². The molecule has 120 valence electrons. The molecule has 0 aliphatic carbocycles. The molecule has 0 radical (unpaired) electrons. The van der Waals surface area contributed by atoms with Crippen molar-refractivity contribution < 1.29 is 14.6 Å². The third-order valence-corrected chi connectivity index (χ3v) is 3.98. The number of fused-ring (bicyclic) bond motifs is 3. The van der Waals surface area contributed by atoms with Crippen LogP contribution in [0.1, 0.15) is 32.8 Å². The number of nitrogens with zero attached hydrogens (tertiary/aromatic N) is 3. The Morgan fingerprint density at radius 1 is 1.41 bits per heavy atom. The van der Waals surface area contributed by atoms with E-state index in [0.29, 0.717) is 26.1 Å². The van der Waals surface area contributed by atoms with Crippen molar-refractivity contribution in [1.82, 2.24) is 9.88 Å². The summed E-state index contributed by atoms with van der Waals surface area (Å²) in [5.41, 5.74) is 0.473. The molecule has 1 aromatic rings. The van der Waals surface area contributed by atoms with Crippen LogP contribution in [0.5, 0.6) is 0 Å². The normalized spacial score (nSPS) is 24.5. The quantitative estimate of drug-likeness (QED) is 0.791. The minimum Gasteiger partial charge on any atom is -0.444 e. The highest BCUT2D eigenvalue weighted by Gasteiger charge is 2.38. The second-order valence-electron chi connectivity index (χ2n) is 7.04. The number of carbonyl (C=O) groups excluding carboxylic acids is 1. The van der Waals surface area contributed by atoms with Crippen molar-refractivity contribution >= 4 is 11.9 Å². The second kappa shape index (κ2) is 5.43. The Morgan fingerprint density at radius 3 is 2.91 bits per heavy atom. The molecular formula is C16H23N3O3. The van der Waals surface area contributed by atoms with E-state index in [4.69, 9.17) is 4.74 Å². The van der Waals surface area contributed by atoms with Crippen molar-refractivity contribution in [3.63, 3.8) is 0 Å². The van der Waals surface area contributed by atoms with Crippen LogP contribution in [0.15, 0.2) is 18.3 Å². The van der Waals surface area contributed by atoms with E-state index in [1.54, 1.807) is 11.1 Å². The third kappa shape index (κ3) is 3.02. The fourth-order valence-electron chi connectivity index (χ4n) is 3.13. The van der Waals surface area contributed by atoms with Gasteiger partial charge in [-0.15, -0.1) is 0 Å². The Morgan fingerprint density at radius 2 is 2.18 bits per heavy atom. The maximum absolute atomic E-state index is 12.4.